The first kappa shape index (κ1) is 14.8. The number of hydrogen-bond donors (Lipinski definition) is 1. The Labute approximate surface area is 118 Å². The van der Waals surface area contributed by atoms with Crippen molar-refractivity contribution in [3.63, 3.8) is 0 Å². The van der Waals surface area contributed by atoms with Crippen molar-refractivity contribution in [2.24, 2.45) is 5.73 Å². The molecule has 1 heterocycles. The van der Waals surface area contributed by atoms with Crippen LogP contribution < -0.4 is 10.5 Å². The van der Waals surface area contributed by atoms with Gasteiger partial charge in [0.1, 0.15) is 0 Å². The summed E-state index contributed by atoms with van der Waals surface area (Å²) in [6.45, 7) is 3.21. The summed E-state index contributed by atoms with van der Waals surface area (Å²) in [7, 11) is 0. The van der Waals surface area contributed by atoms with Crippen LogP contribution in [0.25, 0.3) is 0 Å². The lowest BCUT2D eigenvalue weighted by Crippen LogP contribution is -2.38. The molecule has 110 valence electrons. The molecule has 0 aliphatic carbocycles. The summed E-state index contributed by atoms with van der Waals surface area (Å²) in [6, 6.07) is 4.37. The minimum atomic E-state index is -0.480. The van der Waals surface area contributed by atoms with E-state index in [0.29, 0.717) is 5.56 Å². The fourth-order valence-corrected chi connectivity index (χ4v) is 2.29. The van der Waals surface area contributed by atoms with Gasteiger partial charge < -0.3 is 15.4 Å². The molecule has 4 nitrogen and oxygen atoms in total. The smallest absolute Gasteiger partial charge is 0.260 e. The number of nitrogens with zero attached hydrogens (tertiary/aromatic N) is 1. The highest BCUT2D eigenvalue weighted by molar-refractivity contribution is 5.77. The quantitative estimate of drug-likeness (QED) is 0.920. The summed E-state index contributed by atoms with van der Waals surface area (Å²) < 4.78 is 19.1. The van der Waals surface area contributed by atoms with E-state index in [-0.39, 0.29) is 24.3 Å². The molecule has 0 saturated carbocycles. The molecule has 5 heteroatoms. The number of likely N-dealkylation sites (tertiary alicyclic amines) is 1. The predicted octanol–water partition coefficient (Wildman–Crippen LogP) is 2.24. The van der Waals surface area contributed by atoms with Gasteiger partial charge in [-0.3, -0.25) is 4.79 Å². The third-order valence-electron chi connectivity index (χ3n) is 3.54. The number of rotatable bonds is 4. The Morgan fingerprint density at radius 1 is 1.40 bits per heavy atom. The summed E-state index contributed by atoms with van der Waals surface area (Å²) in [5.41, 5.74) is 6.39. The SMILES string of the molecule is CC(N)c1ccc(OCC(=O)N2CCCCC2)c(F)c1. The van der Waals surface area contributed by atoms with E-state index in [9.17, 15) is 9.18 Å². The number of hydrogen-bond acceptors (Lipinski definition) is 3. The average molecular weight is 280 g/mol. The van der Waals surface area contributed by atoms with Crippen LogP contribution in [-0.2, 0) is 4.79 Å². The summed E-state index contributed by atoms with van der Waals surface area (Å²) in [4.78, 5) is 13.7. The van der Waals surface area contributed by atoms with E-state index >= 15 is 0 Å². The molecule has 1 saturated heterocycles. The van der Waals surface area contributed by atoms with Crippen molar-refractivity contribution in [1.82, 2.24) is 4.90 Å². The van der Waals surface area contributed by atoms with Crippen molar-refractivity contribution in [1.29, 1.82) is 0 Å². The highest BCUT2D eigenvalue weighted by Crippen LogP contribution is 2.21. The Morgan fingerprint density at radius 3 is 2.70 bits per heavy atom. The van der Waals surface area contributed by atoms with Gasteiger partial charge in [-0.05, 0) is 43.9 Å². The van der Waals surface area contributed by atoms with Gasteiger partial charge in [-0.2, -0.15) is 0 Å². The van der Waals surface area contributed by atoms with Gasteiger partial charge >= 0.3 is 0 Å². The largest absolute Gasteiger partial charge is 0.481 e. The average Bonchev–Trinajstić information content (AvgIpc) is 2.46. The van der Waals surface area contributed by atoms with E-state index in [1.807, 2.05) is 0 Å². The van der Waals surface area contributed by atoms with Crippen LogP contribution in [0.1, 0.15) is 37.8 Å². The van der Waals surface area contributed by atoms with Crippen LogP contribution in [0.4, 0.5) is 4.39 Å². The molecule has 1 aliphatic rings. The first-order chi connectivity index (χ1) is 9.58. The van der Waals surface area contributed by atoms with Crippen LogP contribution in [0.2, 0.25) is 0 Å². The lowest BCUT2D eigenvalue weighted by atomic mass is 10.1. The maximum atomic E-state index is 13.8. The molecular formula is C15H21FN2O2. The fourth-order valence-electron chi connectivity index (χ4n) is 2.29. The second-order valence-corrected chi connectivity index (χ2v) is 5.21. The molecule has 1 aliphatic heterocycles. The monoisotopic (exact) mass is 280 g/mol. The number of piperidine rings is 1. The molecule has 2 N–H and O–H groups in total. The first-order valence-corrected chi connectivity index (χ1v) is 7.03. The van der Waals surface area contributed by atoms with Gasteiger partial charge in [0.25, 0.3) is 5.91 Å². The molecule has 0 bridgehead atoms. The lowest BCUT2D eigenvalue weighted by molar-refractivity contribution is -0.134. The van der Waals surface area contributed by atoms with Gasteiger partial charge in [0.15, 0.2) is 18.2 Å². The molecule has 1 unspecified atom stereocenters. The summed E-state index contributed by atoms with van der Waals surface area (Å²) in [5, 5.41) is 0. The zero-order valence-corrected chi connectivity index (χ0v) is 11.8. The van der Waals surface area contributed by atoms with Crippen LogP contribution in [-0.4, -0.2) is 30.5 Å². The molecule has 1 aromatic carbocycles. The second-order valence-electron chi connectivity index (χ2n) is 5.21. The number of carbonyl (C=O) groups excluding carboxylic acids is 1. The fraction of sp³-hybridized carbons (Fsp3) is 0.533. The standard InChI is InChI=1S/C15H21FN2O2/c1-11(17)12-5-6-14(13(16)9-12)20-10-15(19)18-7-3-2-4-8-18/h5-6,9,11H,2-4,7-8,10,17H2,1H3. The Morgan fingerprint density at radius 2 is 2.10 bits per heavy atom. The highest BCUT2D eigenvalue weighted by atomic mass is 19.1. The second kappa shape index (κ2) is 6.70. The number of amides is 1. The third kappa shape index (κ3) is 3.70. The molecule has 0 aromatic heterocycles. The Kier molecular flexibility index (Phi) is 4.95. The van der Waals surface area contributed by atoms with Crippen LogP contribution in [0, 0.1) is 5.82 Å². The van der Waals surface area contributed by atoms with E-state index in [2.05, 4.69) is 0 Å². The van der Waals surface area contributed by atoms with E-state index in [4.69, 9.17) is 10.5 Å². The van der Waals surface area contributed by atoms with Crippen molar-refractivity contribution in [2.45, 2.75) is 32.2 Å². The maximum absolute atomic E-state index is 13.8. The van der Waals surface area contributed by atoms with Gasteiger partial charge in [-0.25, -0.2) is 4.39 Å². The minimum absolute atomic E-state index is 0.0830. The molecule has 1 amide bonds. The van der Waals surface area contributed by atoms with Gasteiger partial charge in [0, 0.05) is 19.1 Å². The number of ether oxygens (including phenoxy) is 1. The minimum Gasteiger partial charge on any atom is -0.481 e. The van der Waals surface area contributed by atoms with E-state index in [1.165, 1.54) is 12.1 Å². The highest BCUT2D eigenvalue weighted by Gasteiger charge is 2.17. The maximum Gasteiger partial charge on any atom is 0.260 e. The molecule has 0 spiro atoms. The van der Waals surface area contributed by atoms with Crippen LogP contribution >= 0.6 is 0 Å². The van der Waals surface area contributed by atoms with E-state index in [0.717, 1.165) is 32.4 Å². The van der Waals surface area contributed by atoms with Crippen molar-refractivity contribution < 1.29 is 13.9 Å². The Hall–Kier alpha value is -1.62. The van der Waals surface area contributed by atoms with Crippen molar-refractivity contribution >= 4 is 5.91 Å². The number of benzene rings is 1. The molecule has 1 aromatic rings. The van der Waals surface area contributed by atoms with Crippen LogP contribution in [0.15, 0.2) is 18.2 Å². The molecule has 1 fully saturated rings. The van der Waals surface area contributed by atoms with Crippen LogP contribution in [0.3, 0.4) is 0 Å². The number of carbonyl (C=O) groups is 1. The summed E-state index contributed by atoms with van der Waals surface area (Å²) in [5.74, 6) is -0.466. The van der Waals surface area contributed by atoms with Gasteiger partial charge in [-0.15, -0.1) is 0 Å². The van der Waals surface area contributed by atoms with E-state index in [1.54, 1.807) is 17.9 Å². The molecular weight excluding hydrogens is 259 g/mol. The zero-order valence-electron chi connectivity index (χ0n) is 11.8. The molecule has 1 atom stereocenters. The molecule has 20 heavy (non-hydrogen) atoms. The first-order valence-electron chi connectivity index (χ1n) is 7.03. The van der Waals surface area contributed by atoms with Gasteiger partial charge in [0.05, 0.1) is 0 Å². The molecule has 2 rings (SSSR count). The van der Waals surface area contributed by atoms with Crippen molar-refractivity contribution in [3.05, 3.63) is 29.6 Å². The Balaban J connectivity index is 1.91. The summed E-state index contributed by atoms with van der Waals surface area (Å²) >= 11 is 0. The van der Waals surface area contributed by atoms with Crippen molar-refractivity contribution in [2.75, 3.05) is 19.7 Å². The predicted molar refractivity (Wildman–Crippen MR) is 74.9 cm³/mol. The van der Waals surface area contributed by atoms with Gasteiger partial charge in [-0.1, -0.05) is 6.07 Å². The third-order valence-corrected chi connectivity index (χ3v) is 3.54. The Bertz CT molecular complexity index is 471. The lowest BCUT2D eigenvalue weighted by Gasteiger charge is -2.26. The topological polar surface area (TPSA) is 55.6 Å². The normalized spacial score (nSPS) is 16.9. The van der Waals surface area contributed by atoms with Crippen LogP contribution in [0.5, 0.6) is 5.75 Å². The van der Waals surface area contributed by atoms with E-state index < -0.39 is 5.82 Å². The summed E-state index contributed by atoms with van der Waals surface area (Å²) in [6.07, 6.45) is 3.23. The zero-order chi connectivity index (χ0) is 14.5. The number of halogens is 1. The number of nitrogens with two attached hydrogens (primary N) is 1. The molecule has 0 radical (unpaired) electrons. The van der Waals surface area contributed by atoms with Crippen molar-refractivity contribution in [3.8, 4) is 5.75 Å². The van der Waals surface area contributed by atoms with Gasteiger partial charge in [0.2, 0.25) is 0 Å².